The molecule has 228 valence electrons. The Kier molecular flexibility index (Phi) is 8.98. The first-order chi connectivity index (χ1) is 22.4. The Balaban J connectivity index is 1.18. The molecule has 0 radical (unpaired) electrons. The van der Waals surface area contributed by atoms with Gasteiger partial charge in [-0.3, -0.25) is 19.0 Å². The summed E-state index contributed by atoms with van der Waals surface area (Å²) >= 11 is 1.45. The molecule has 0 aliphatic carbocycles. The van der Waals surface area contributed by atoms with E-state index in [0.29, 0.717) is 22.6 Å². The van der Waals surface area contributed by atoms with Crippen molar-refractivity contribution in [3.05, 3.63) is 144 Å². The molecule has 46 heavy (non-hydrogen) atoms. The monoisotopic (exact) mass is 625 g/mol. The molecule has 5 aromatic carbocycles. The zero-order chi connectivity index (χ0) is 32.0. The second-order valence-corrected chi connectivity index (χ2v) is 12.0. The van der Waals surface area contributed by atoms with Gasteiger partial charge in [0.25, 0.3) is 11.8 Å². The van der Waals surface area contributed by atoms with Crippen LogP contribution < -0.4 is 15.4 Å². The molecule has 7 nitrogen and oxygen atoms in total. The normalized spacial score (nSPS) is 12.1. The lowest BCUT2D eigenvalue weighted by atomic mass is 10.1. The predicted octanol–water partition coefficient (Wildman–Crippen LogP) is 8.03. The van der Waals surface area contributed by atoms with Crippen LogP contribution in [0.3, 0.4) is 0 Å². The van der Waals surface area contributed by atoms with Gasteiger partial charge in [-0.05, 0) is 79.2 Å². The topological polar surface area (TPSA) is 89.4 Å². The van der Waals surface area contributed by atoms with Crippen LogP contribution in [-0.4, -0.2) is 34.6 Å². The number of anilines is 1. The van der Waals surface area contributed by atoms with Gasteiger partial charge in [0, 0.05) is 26.9 Å². The molecule has 0 fully saturated rings. The van der Waals surface area contributed by atoms with Crippen LogP contribution in [0, 0.1) is 0 Å². The molecule has 1 aromatic heterocycles. The van der Waals surface area contributed by atoms with Crippen LogP contribution in [0.5, 0.6) is 5.75 Å². The predicted molar refractivity (Wildman–Crippen MR) is 185 cm³/mol. The SMILES string of the molecule is COc1ccc(/C=C(\NC(=O)c2ccccc2)C(=O)Nc2ccc(SC(C)C(=O)n3c4ccccc4c4ccccc43)cc2)cc1. The standard InChI is InChI=1S/C38H31N3O4S/c1-25(38(44)41-34-14-8-6-12-31(34)32-13-7-9-15-35(32)41)46-30-22-18-28(19-23-30)39-37(43)33(24-26-16-20-29(45-2)21-17-26)40-36(42)27-10-4-3-5-11-27/h3-25H,1-2H3,(H,39,43)(H,40,42)/b33-24-. The minimum Gasteiger partial charge on any atom is -0.497 e. The Hall–Kier alpha value is -5.60. The number of amides is 2. The highest BCUT2D eigenvalue weighted by Crippen LogP contribution is 2.32. The molecule has 8 heteroatoms. The van der Waals surface area contributed by atoms with Gasteiger partial charge in [-0.2, -0.15) is 0 Å². The van der Waals surface area contributed by atoms with Crippen molar-refractivity contribution in [3.63, 3.8) is 0 Å². The molecule has 0 saturated carbocycles. The molecule has 6 rings (SSSR count). The van der Waals surface area contributed by atoms with Gasteiger partial charge in [-0.15, -0.1) is 11.8 Å². The molecular weight excluding hydrogens is 595 g/mol. The summed E-state index contributed by atoms with van der Waals surface area (Å²) in [4.78, 5) is 41.0. The van der Waals surface area contributed by atoms with Crippen molar-refractivity contribution in [2.45, 2.75) is 17.1 Å². The van der Waals surface area contributed by atoms with Crippen LogP contribution in [0.2, 0.25) is 0 Å². The number of ether oxygens (including phenoxy) is 1. The lowest BCUT2D eigenvalue weighted by Crippen LogP contribution is -2.30. The summed E-state index contributed by atoms with van der Waals surface area (Å²) in [5.41, 5.74) is 3.55. The Labute approximate surface area is 270 Å². The van der Waals surface area contributed by atoms with E-state index in [9.17, 15) is 14.4 Å². The van der Waals surface area contributed by atoms with E-state index in [1.165, 1.54) is 11.8 Å². The number of methoxy groups -OCH3 is 1. The smallest absolute Gasteiger partial charge is 0.272 e. The minimum atomic E-state index is -0.476. The number of thioether (sulfide) groups is 1. The number of nitrogens with one attached hydrogen (secondary N) is 2. The van der Waals surface area contributed by atoms with Crippen molar-refractivity contribution >= 4 is 63.1 Å². The van der Waals surface area contributed by atoms with Gasteiger partial charge in [0.2, 0.25) is 5.91 Å². The van der Waals surface area contributed by atoms with Crippen LogP contribution in [0.1, 0.15) is 27.6 Å². The van der Waals surface area contributed by atoms with Crippen LogP contribution in [-0.2, 0) is 4.79 Å². The maximum absolute atomic E-state index is 13.7. The zero-order valence-electron chi connectivity index (χ0n) is 25.3. The lowest BCUT2D eigenvalue weighted by Gasteiger charge is -2.14. The highest BCUT2D eigenvalue weighted by molar-refractivity contribution is 8.00. The second kappa shape index (κ2) is 13.6. The summed E-state index contributed by atoms with van der Waals surface area (Å²) < 4.78 is 7.03. The zero-order valence-corrected chi connectivity index (χ0v) is 26.1. The molecule has 0 aliphatic heterocycles. The summed E-state index contributed by atoms with van der Waals surface area (Å²) in [7, 11) is 1.58. The molecule has 2 N–H and O–H groups in total. The fourth-order valence-electron chi connectivity index (χ4n) is 5.22. The van der Waals surface area contributed by atoms with Crippen molar-refractivity contribution in [2.24, 2.45) is 0 Å². The average Bonchev–Trinajstić information content (AvgIpc) is 3.43. The van der Waals surface area contributed by atoms with Gasteiger partial charge >= 0.3 is 0 Å². The maximum atomic E-state index is 13.7. The molecule has 1 unspecified atom stereocenters. The first kappa shape index (κ1) is 30.4. The third-order valence-corrected chi connectivity index (χ3v) is 8.63. The van der Waals surface area contributed by atoms with Crippen LogP contribution >= 0.6 is 11.8 Å². The van der Waals surface area contributed by atoms with Crippen molar-refractivity contribution in [2.75, 3.05) is 12.4 Å². The maximum Gasteiger partial charge on any atom is 0.272 e. The van der Waals surface area contributed by atoms with Crippen molar-refractivity contribution in [1.29, 1.82) is 0 Å². The van der Waals surface area contributed by atoms with E-state index in [4.69, 9.17) is 4.74 Å². The van der Waals surface area contributed by atoms with Gasteiger partial charge in [-0.1, -0.05) is 66.7 Å². The first-order valence-electron chi connectivity index (χ1n) is 14.7. The van der Waals surface area contributed by atoms with Gasteiger partial charge < -0.3 is 15.4 Å². The second-order valence-electron chi connectivity index (χ2n) is 10.6. The van der Waals surface area contributed by atoms with Gasteiger partial charge in [0.15, 0.2) is 0 Å². The molecule has 1 atom stereocenters. The number of carbonyl (C=O) groups excluding carboxylic acids is 3. The Morgan fingerprint density at radius 3 is 1.93 bits per heavy atom. The minimum absolute atomic E-state index is 0.0118. The Bertz CT molecular complexity index is 2010. The van der Waals surface area contributed by atoms with Crippen LogP contribution in [0.15, 0.2) is 138 Å². The van der Waals surface area contributed by atoms with Gasteiger partial charge in [-0.25, -0.2) is 0 Å². The third-order valence-electron chi connectivity index (χ3n) is 7.53. The summed E-state index contributed by atoms with van der Waals surface area (Å²) in [6.07, 6.45) is 1.61. The molecule has 6 aromatic rings. The summed E-state index contributed by atoms with van der Waals surface area (Å²) in [5, 5.41) is 7.36. The van der Waals surface area contributed by atoms with Crippen LogP contribution in [0.4, 0.5) is 5.69 Å². The third kappa shape index (κ3) is 6.57. The van der Waals surface area contributed by atoms with E-state index in [1.807, 2.05) is 73.7 Å². The largest absolute Gasteiger partial charge is 0.497 e. The van der Waals surface area contributed by atoms with E-state index in [-0.39, 0.29) is 16.9 Å². The van der Waals surface area contributed by atoms with E-state index in [0.717, 1.165) is 26.7 Å². The number of benzene rings is 5. The highest BCUT2D eigenvalue weighted by Gasteiger charge is 2.22. The van der Waals surface area contributed by atoms with Crippen LogP contribution in [0.25, 0.3) is 27.9 Å². The number of hydrogen-bond donors (Lipinski definition) is 2. The van der Waals surface area contributed by atoms with E-state index in [2.05, 4.69) is 10.6 Å². The average molecular weight is 626 g/mol. The summed E-state index contributed by atoms with van der Waals surface area (Å²) in [5.74, 6) is -0.206. The van der Waals surface area contributed by atoms with E-state index < -0.39 is 11.8 Å². The number of hydrogen-bond acceptors (Lipinski definition) is 5. The first-order valence-corrected chi connectivity index (χ1v) is 15.6. The molecule has 0 spiro atoms. The Morgan fingerprint density at radius 2 is 1.33 bits per heavy atom. The van der Waals surface area contributed by atoms with Crippen molar-refractivity contribution in [1.82, 2.24) is 9.88 Å². The highest BCUT2D eigenvalue weighted by atomic mass is 32.2. The van der Waals surface area contributed by atoms with Crippen molar-refractivity contribution in [3.8, 4) is 5.75 Å². The van der Waals surface area contributed by atoms with E-state index >= 15 is 0 Å². The number of rotatable bonds is 9. The van der Waals surface area contributed by atoms with Crippen molar-refractivity contribution < 1.29 is 19.1 Å². The van der Waals surface area contributed by atoms with E-state index in [1.54, 1.807) is 78.4 Å². The quantitative estimate of drug-likeness (QED) is 0.125. The fraction of sp³-hybridized carbons (Fsp3) is 0.0789. The Morgan fingerprint density at radius 1 is 0.739 bits per heavy atom. The number of nitrogens with zero attached hydrogens (tertiary/aromatic N) is 1. The number of aromatic nitrogens is 1. The lowest BCUT2D eigenvalue weighted by molar-refractivity contribution is -0.113. The molecule has 1 heterocycles. The fourth-order valence-corrected chi connectivity index (χ4v) is 6.13. The van der Waals surface area contributed by atoms with Gasteiger partial charge in [0.1, 0.15) is 11.4 Å². The summed E-state index contributed by atoms with van der Waals surface area (Å²) in [6.45, 7) is 1.90. The number of carbonyl (C=O) groups is 3. The number of para-hydroxylation sites is 2. The summed E-state index contributed by atoms with van der Waals surface area (Å²) in [6, 6.07) is 39.0. The molecule has 0 aliphatic rings. The molecule has 0 bridgehead atoms. The van der Waals surface area contributed by atoms with Gasteiger partial charge in [0.05, 0.1) is 23.4 Å². The molecule has 0 saturated heterocycles. The molecular formula is C38H31N3O4S. The molecule has 2 amide bonds. The number of fused-ring (bicyclic) bond motifs is 3.